The molecule has 4 heteroatoms. The zero-order valence-corrected chi connectivity index (χ0v) is 11.0. The molecule has 0 aliphatic heterocycles. The number of nitrogens with zero attached hydrogens (tertiary/aromatic N) is 1. The summed E-state index contributed by atoms with van der Waals surface area (Å²) in [5.74, 6) is 1.91. The molecule has 3 rings (SSSR count). The lowest BCUT2D eigenvalue weighted by atomic mass is 10.1. The van der Waals surface area contributed by atoms with Crippen molar-refractivity contribution >= 4 is 16.5 Å². The first kappa shape index (κ1) is 12.3. The van der Waals surface area contributed by atoms with Crippen LogP contribution in [0, 0.1) is 0 Å². The van der Waals surface area contributed by atoms with E-state index in [4.69, 9.17) is 15.2 Å². The van der Waals surface area contributed by atoms with Crippen molar-refractivity contribution in [1.82, 2.24) is 4.98 Å². The molecule has 0 fully saturated rings. The van der Waals surface area contributed by atoms with Crippen LogP contribution in [-0.2, 0) is 0 Å². The molecule has 2 N–H and O–H groups in total. The van der Waals surface area contributed by atoms with Crippen molar-refractivity contribution in [1.29, 1.82) is 0 Å². The quantitative estimate of drug-likeness (QED) is 0.736. The molecule has 0 bridgehead atoms. The zero-order valence-electron chi connectivity index (χ0n) is 11.0. The van der Waals surface area contributed by atoms with E-state index in [0.717, 1.165) is 10.8 Å². The van der Waals surface area contributed by atoms with E-state index in [0.29, 0.717) is 22.9 Å². The number of rotatable bonds is 3. The topological polar surface area (TPSA) is 57.4 Å². The fraction of sp³-hybridized carbons (Fsp3) is 0.0625. The molecular weight excluding hydrogens is 252 g/mol. The Morgan fingerprint density at radius 1 is 0.950 bits per heavy atom. The number of benzene rings is 2. The number of nitrogen functional groups attached to an aromatic ring is 1. The molecule has 1 heterocycles. The Labute approximate surface area is 116 Å². The Balaban J connectivity index is 2.05. The van der Waals surface area contributed by atoms with Gasteiger partial charge in [0.15, 0.2) is 17.2 Å². The number of anilines is 1. The minimum absolute atomic E-state index is 0.593. The molecule has 0 atom stereocenters. The van der Waals surface area contributed by atoms with Gasteiger partial charge in [0.25, 0.3) is 0 Å². The summed E-state index contributed by atoms with van der Waals surface area (Å²) < 4.78 is 11.1. The first-order chi connectivity index (χ1) is 9.79. The van der Waals surface area contributed by atoms with Gasteiger partial charge in [-0.25, -0.2) is 0 Å². The lowest BCUT2D eigenvalue weighted by molar-refractivity contribution is 0.379. The third-order valence-electron chi connectivity index (χ3n) is 3.11. The van der Waals surface area contributed by atoms with Crippen LogP contribution in [0.3, 0.4) is 0 Å². The molecule has 2 aromatic carbocycles. The fourth-order valence-corrected chi connectivity index (χ4v) is 2.08. The lowest BCUT2D eigenvalue weighted by Crippen LogP contribution is -1.95. The molecule has 4 nitrogen and oxygen atoms in total. The highest BCUT2D eigenvalue weighted by Gasteiger charge is 2.09. The normalized spacial score (nSPS) is 10.4. The van der Waals surface area contributed by atoms with Crippen molar-refractivity contribution in [3.8, 4) is 17.2 Å². The summed E-state index contributed by atoms with van der Waals surface area (Å²) in [5, 5.41) is 1.91. The van der Waals surface area contributed by atoms with Crippen molar-refractivity contribution in [3.05, 3.63) is 54.9 Å². The summed E-state index contributed by atoms with van der Waals surface area (Å²) in [6.45, 7) is 0. The van der Waals surface area contributed by atoms with Crippen LogP contribution in [0.4, 0.5) is 5.69 Å². The van der Waals surface area contributed by atoms with Gasteiger partial charge in [-0.1, -0.05) is 12.1 Å². The van der Waals surface area contributed by atoms with Crippen LogP contribution in [-0.4, -0.2) is 12.1 Å². The Kier molecular flexibility index (Phi) is 3.13. The highest BCUT2D eigenvalue weighted by atomic mass is 16.5. The van der Waals surface area contributed by atoms with Crippen LogP contribution in [0.5, 0.6) is 17.2 Å². The van der Waals surface area contributed by atoms with Crippen molar-refractivity contribution in [2.45, 2.75) is 0 Å². The zero-order chi connectivity index (χ0) is 13.9. The standard InChI is InChI=1S/C16H14N2O2/c1-19-13-4-2-3-5-14(13)20-15-7-6-11-10-18-9-8-12(11)16(15)17/h2-10H,17H2,1H3. The molecule has 0 amide bonds. The molecule has 20 heavy (non-hydrogen) atoms. The van der Waals surface area contributed by atoms with Gasteiger partial charge in [0.05, 0.1) is 12.8 Å². The number of aromatic nitrogens is 1. The number of nitrogens with two attached hydrogens (primary N) is 1. The Bertz CT molecular complexity index is 756. The summed E-state index contributed by atoms with van der Waals surface area (Å²) in [7, 11) is 1.61. The van der Waals surface area contributed by atoms with Crippen molar-refractivity contribution in [2.24, 2.45) is 0 Å². The third kappa shape index (κ3) is 2.12. The Morgan fingerprint density at radius 3 is 2.55 bits per heavy atom. The molecule has 0 spiro atoms. The Hall–Kier alpha value is -2.75. The van der Waals surface area contributed by atoms with E-state index in [1.54, 1.807) is 19.5 Å². The van der Waals surface area contributed by atoms with Crippen LogP contribution < -0.4 is 15.2 Å². The summed E-state index contributed by atoms with van der Waals surface area (Å²) in [4.78, 5) is 4.08. The Morgan fingerprint density at radius 2 is 1.75 bits per heavy atom. The van der Waals surface area contributed by atoms with Crippen molar-refractivity contribution < 1.29 is 9.47 Å². The number of hydrogen-bond acceptors (Lipinski definition) is 4. The second-order valence-electron chi connectivity index (χ2n) is 4.33. The molecular formula is C16H14N2O2. The maximum atomic E-state index is 6.16. The smallest absolute Gasteiger partial charge is 0.169 e. The van der Waals surface area contributed by atoms with Crippen LogP contribution in [0.1, 0.15) is 0 Å². The van der Waals surface area contributed by atoms with Gasteiger partial charge in [0, 0.05) is 23.2 Å². The average Bonchev–Trinajstić information content (AvgIpc) is 2.51. The molecule has 0 unspecified atom stereocenters. The van der Waals surface area contributed by atoms with E-state index in [1.165, 1.54) is 0 Å². The molecule has 0 saturated heterocycles. The van der Waals surface area contributed by atoms with Gasteiger partial charge in [0.2, 0.25) is 0 Å². The fourth-order valence-electron chi connectivity index (χ4n) is 2.08. The summed E-state index contributed by atoms with van der Waals surface area (Å²) in [5.41, 5.74) is 6.76. The van der Waals surface area contributed by atoms with Crippen molar-refractivity contribution in [2.75, 3.05) is 12.8 Å². The highest BCUT2D eigenvalue weighted by Crippen LogP contribution is 2.36. The van der Waals surface area contributed by atoms with Gasteiger partial charge in [-0.05, 0) is 30.3 Å². The van der Waals surface area contributed by atoms with E-state index >= 15 is 0 Å². The number of ether oxygens (including phenoxy) is 2. The maximum Gasteiger partial charge on any atom is 0.169 e. The highest BCUT2D eigenvalue weighted by molar-refractivity contribution is 5.95. The maximum absolute atomic E-state index is 6.16. The summed E-state index contributed by atoms with van der Waals surface area (Å²) in [6, 6.07) is 13.1. The number of fused-ring (bicyclic) bond motifs is 1. The largest absolute Gasteiger partial charge is 0.493 e. The molecule has 100 valence electrons. The van der Waals surface area contributed by atoms with Gasteiger partial charge in [-0.2, -0.15) is 0 Å². The molecule has 0 radical (unpaired) electrons. The molecule has 0 saturated carbocycles. The first-order valence-electron chi connectivity index (χ1n) is 6.22. The molecule has 0 aliphatic rings. The number of methoxy groups -OCH3 is 1. The second-order valence-corrected chi connectivity index (χ2v) is 4.33. The number of pyridine rings is 1. The third-order valence-corrected chi connectivity index (χ3v) is 3.11. The second kappa shape index (κ2) is 5.09. The minimum Gasteiger partial charge on any atom is -0.493 e. The van der Waals surface area contributed by atoms with E-state index in [2.05, 4.69) is 4.98 Å². The van der Waals surface area contributed by atoms with E-state index < -0.39 is 0 Å². The van der Waals surface area contributed by atoms with Crippen LogP contribution in [0.25, 0.3) is 10.8 Å². The summed E-state index contributed by atoms with van der Waals surface area (Å²) in [6.07, 6.45) is 3.49. The van der Waals surface area contributed by atoms with E-state index in [9.17, 15) is 0 Å². The van der Waals surface area contributed by atoms with Gasteiger partial charge in [-0.15, -0.1) is 0 Å². The van der Waals surface area contributed by atoms with Crippen LogP contribution in [0.2, 0.25) is 0 Å². The van der Waals surface area contributed by atoms with Gasteiger partial charge in [0.1, 0.15) is 0 Å². The van der Waals surface area contributed by atoms with Crippen LogP contribution in [0.15, 0.2) is 54.9 Å². The minimum atomic E-state index is 0.593. The number of hydrogen-bond donors (Lipinski definition) is 1. The number of para-hydroxylation sites is 2. The monoisotopic (exact) mass is 266 g/mol. The lowest BCUT2D eigenvalue weighted by Gasteiger charge is -2.13. The van der Waals surface area contributed by atoms with Gasteiger partial charge >= 0.3 is 0 Å². The predicted molar refractivity (Wildman–Crippen MR) is 79.2 cm³/mol. The van der Waals surface area contributed by atoms with Gasteiger partial charge in [-0.3, -0.25) is 4.98 Å². The molecule has 1 aromatic heterocycles. The SMILES string of the molecule is COc1ccccc1Oc1ccc2cnccc2c1N. The van der Waals surface area contributed by atoms with Crippen LogP contribution >= 0.6 is 0 Å². The first-order valence-corrected chi connectivity index (χ1v) is 6.22. The molecule has 3 aromatic rings. The van der Waals surface area contributed by atoms with Crippen molar-refractivity contribution in [3.63, 3.8) is 0 Å². The van der Waals surface area contributed by atoms with Gasteiger partial charge < -0.3 is 15.2 Å². The van der Waals surface area contributed by atoms with E-state index in [1.807, 2.05) is 42.5 Å². The molecule has 0 aliphatic carbocycles. The van der Waals surface area contributed by atoms with E-state index in [-0.39, 0.29) is 0 Å². The average molecular weight is 266 g/mol. The summed E-state index contributed by atoms with van der Waals surface area (Å²) >= 11 is 0. The predicted octanol–water partition coefficient (Wildman–Crippen LogP) is 3.62.